The van der Waals surface area contributed by atoms with E-state index in [0.29, 0.717) is 24.6 Å². The van der Waals surface area contributed by atoms with Gasteiger partial charge in [-0.2, -0.15) is 0 Å². The first-order valence-electron chi connectivity index (χ1n) is 5.18. The maximum absolute atomic E-state index is 11.3. The normalized spacial score (nSPS) is 9.94. The van der Waals surface area contributed by atoms with Crippen LogP contribution in [-0.4, -0.2) is 36.0 Å². The standard InChI is InChI=1S/C10H17N5O/c1-3-15(7-9(16)12-2)10-8(6-11)13-4-5-14-10/h4-5H,3,6-7,11H2,1-2H3,(H,12,16). The van der Waals surface area contributed by atoms with Crippen LogP contribution in [-0.2, 0) is 11.3 Å². The third-order valence-electron chi connectivity index (χ3n) is 2.24. The summed E-state index contributed by atoms with van der Waals surface area (Å²) in [6.07, 6.45) is 3.19. The van der Waals surface area contributed by atoms with Crippen molar-refractivity contribution in [3.05, 3.63) is 18.1 Å². The molecule has 6 nitrogen and oxygen atoms in total. The molecule has 1 amide bonds. The lowest BCUT2D eigenvalue weighted by Crippen LogP contribution is -2.36. The van der Waals surface area contributed by atoms with Crippen LogP contribution in [0.25, 0.3) is 0 Å². The largest absolute Gasteiger partial charge is 0.358 e. The van der Waals surface area contributed by atoms with Crippen LogP contribution >= 0.6 is 0 Å². The fraction of sp³-hybridized carbons (Fsp3) is 0.500. The zero-order chi connectivity index (χ0) is 12.0. The Labute approximate surface area is 94.9 Å². The van der Waals surface area contributed by atoms with E-state index < -0.39 is 0 Å². The number of rotatable bonds is 5. The molecule has 0 spiro atoms. The second-order valence-corrected chi connectivity index (χ2v) is 3.22. The zero-order valence-corrected chi connectivity index (χ0v) is 9.60. The van der Waals surface area contributed by atoms with Gasteiger partial charge in [0.25, 0.3) is 0 Å². The molecule has 0 aliphatic heterocycles. The highest BCUT2D eigenvalue weighted by Crippen LogP contribution is 2.13. The van der Waals surface area contributed by atoms with Crippen molar-refractivity contribution in [2.24, 2.45) is 5.73 Å². The number of anilines is 1. The Morgan fingerprint density at radius 1 is 1.50 bits per heavy atom. The van der Waals surface area contributed by atoms with E-state index in [0.717, 1.165) is 0 Å². The topological polar surface area (TPSA) is 84.1 Å². The Balaban J connectivity index is 2.89. The first kappa shape index (κ1) is 12.4. The summed E-state index contributed by atoms with van der Waals surface area (Å²) < 4.78 is 0. The summed E-state index contributed by atoms with van der Waals surface area (Å²) >= 11 is 0. The summed E-state index contributed by atoms with van der Waals surface area (Å²) in [7, 11) is 1.61. The molecule has 16 heavy (non-hydrogen) atoms. The molecular formula is C10H17N5O. The van der Waals surface area contributed by atoms with Crippen LogP contribution in [0.15, 0.2) is 12.4 Å². The van der Waals surface area contributed by atoms with Gasteiger partial charge in [-0.3, -0.25) is 9.78 Å². The Morgan fingerprint density at radius 2 is 2.19 bits per heavy atom. The lowest BCUT2D eigenvalue weighted by atomic mass is 10.3. The van der Waals surface area contributed by atoms with Gasteiger partial charge in [0.05, 0.1) is 12.2 Å². The second kappa shape index (κ2) is 6.02. The summed E-state index contributed by atoms with van der Waals surface area (Å²) in [4.78, 5) is 21.5. The molecule has 3 N–H and O–H groups in total. The van der Waals surface area contributed by atoms with Crippen molar-refractivity contribution in [2.45, 2.75) is 13.5 Å². The number of aromatic nitrogens is 2. The van der Waals surface area contributed by atoms with Crippen molar-refractivity contribution >= 4 is 11.7 Å². The zero-order valence-electron chi connectivity index (χ0n) is 9.60. The van der Waals surface area contributed by atoms with Crippen LogP contribution in [0.2, 0.25) is 0 Å². The number of nitrogens with zero attached hydrogens (tertiary/aromatic N) is 3. The summed E-state index contributed by atoms with van der Waals surface area (Å²) in [5.41, 5.74) is 6.28. The predicted octanol–water partition coefficient (Wildman–Crippen LogP) is -0.492. The van der Waals surface area contributed by atoms with Gasteiger partial charge in [-0.15, -0.1) is 0 Å². The smallest absolute Gasteiger partial charge is 0.239 e. The Bertz CT molecular complexity index is 355. The van der Waals surface area contributed by atoms with Gasteiger partial charge >= 0.3 is 0 Å². The van der Waals surface area contributed by atoms with E-state index in [1.54, 1.807) is 19.4 Å². The summed E-state index contributed by atoms with van der Waals surface area (Å²) in [6.45, 7) is 3.21. The Morgan fingerprint density at radius 3 is 2.75 bits per heavy atom. The second-order valence-electron chi connectivity index (χ2n) is 3.22. The molecule has 0 aliphatic rings. The number of nitrogens with two attached hydrogens (primary N) is 1. The minimum Gasteiger partial charge on any atom is -0.358 e. The summed E-state index contributed by atoms with van der Waals surface area (Å²) in [5.74, 6) is 0.617. The summed E-state index contributed by atoms with van der Waals surface area (Å²) in [6, 6.07) is 0. The predicted molar refractivity (Wildman–Crippen MR) is 61.9 cm³/mol. The summed E-state index contributed by atoms with van der Waals surface area (Å²) in [5, 5.41) is 2.58. The van der Waals surface area contributed by atoms with Gasteiger partial charge in [0.2, 0.25) is 5.91 Å². The minimum absolute atomic E-state index is 0.0597. The third-order valence-corrected chi connectivity index (χ3v) is 2.24. The Kier molecular flexibility index (Phi) is 4.65. The van der Waals surface area contributed by atoms with E-state index in [4.69, 9.17) is 5.73 Å². The molecule has 1 aromatic rings. The van der Waals surface area contributed by atoms with Gasteiger partial charge in [0, 0.05) is 32.5 Å². The molecule has 0 atom stereocenters. The molecule has 6 heteroatoms. The number of carbonyl (C=O) groups is 1. The average Bonchev–Trinajstić information content (AvgIpc) is 2.35. The fourth-order valence-corrected chi connectivity index (χ4v) is 1.36. The van der Waals surface area contributed by atoms with Gasteiger partial charge in [0.1, 0.15) is 0 Å². The van der Waals surface area contributed by atoms with Gasteiger partial charge in [0.15, 0.2) is 5.82 Å². The van der Waals surface area contributed by atoms with E-state index in [1.807, 2.05) is 11.8 Å². The first-order valence-corrected chi connectivity index (χ1v) is 5.18. The highest BCUT2D eigenvalue weighted by atomic mass is 16.1. The van der Waals surface area contributed by atoms with Crippen molar-refractivity contribution in [3.8, 4) is 0 Å². The van der Waals surface area contributed by atoms with Crippen molar-refractivity contribution in [3.63, 3.8) is 0 Å². The molecule has 0 saturated carbocycles. The number of nitrogens with one attached hydrogen (secondary N) is 1. The van der Waals surface area contributed by atoms with E-state index in [-0.39, 0.29) is 12.5 Å². The Hall–Kier alpha value is -1.69. The van der Waals surface area contributed by atoms with Crippen molar-refractivity contribution in [1.29, 1.82) is 0 Å². The van der Waals surface area contributed by atoms with Crippen LogP contribution in [0.5, 0.6) is 0 Å². The highest BCUT2D eigenvalue weighted by Gasteiger charge is 2.13. The fourth-order valence-electron chi connectivity index (χ4n) is 1.36. The maximum atomic E-state index is 11.3. The monoisotopic (exact) mass is 223 g/mol. The van der Waals surface area contributed by atoms with Crippen molar-refractivity contribution in [1.82, 2.24) is 15.3 Å². The molecule has 0 saturated heterocycles. The van der Waals surface area contributed by atoms with Crippen molar-refractivity contribution in [2.75, 3.05) is 25.0 Å². The van der Waals surface area contributed by atoms with Crippen molar-refractivity contribution < 1.29 is 4.79 Å². The molecule has 0 fully saturated rings. The number of hydrogen-bond acceptors (Lipinski definition) is 5. The highest BCUT2D eigenvalue weighted by molar-refractivity contribution is 5.80. The maximum Gasteiger partial charge on any atom is 0.239 e. The van der Waals surface area contributed by atoms with E-state index in [2.05, 4.69) is 15.3 Å². The van der Waals surface area contributed by atoms with Gasteiger partial charge in [-0.05, 0) is 6.92 Å². The lowest BCUT2D eigenvalue weighted by molar-refractivity contribution is -0.119. The molecule has 1 heterocycles. The van der Waals surface area contributed by atoms with Crippen LogP contribution in [0.1, 0.15) is 12.6 Å². The molecule has 0 aromatic carbocycles. The number of likely N-dealkylation sites (N-methyl/N-ethyl adjacent to an activating group) is 2. The quantitative estimate of drug-likeness (QED) is 0.703. The van der Waals surface area contributed by atoms with Crippen LogP contribution < -0.4 is 16.0 Å². The molecule has 0 unspecified atom stereocenters. The molecule has 0 aliphatic carbocycles. The van der Waals surface area contributed by atoms with E-state index in [9.17, 15) is 4.79 Å². The first-order chi connectivity index (χ1) is 7.72. The minimum atomic E-state index is -0.0597. The molecular weight excluding hydrogens is 206 g/mol. The SMILES string of the molecule is CCN(CC(=O)NC)c1nccnc1CN. The van der Waals surface area contributed by atoms with Gasteiger partial charge in [-0.25, -0.2) is 4.98 Å². The molecule has 1 rings (SSSR count). The number of hydrogen-bond donors (Lipinski definition) is 2. The molecule has 1 aromatic heterocycles. The average molecular weight is 223 g/mol. The lowest BCUT2D eigenvalue weighted by Gasteiger charge is -2.22. The van der Waals surface area contributed by atoms with Gasteiger partial charge < -0.3 is 16.0 Å². The number of amides is 1. The molecule has 0 bridgehead atoms. The third kappa shape index (κ3) is 2.90. The number of carbonyl (C=O) groups excluding carboxylic acids is 1. The van der Waals surface area contributed by atoms with E-state index in [1.165, 1.54) is 0 Å². The molecule has 88 valence electrons. The van der Waals surface area contributed by atoms with Crippen LogP contribution in [0, 0.1) is 0 Å². The van der Waals surface area contributed by atoms with Gasteiger partial charge in [-0.1, -0.05) is 0 Å². The van der Waals surface area contributed by atoms with Crippen LogP contribution in [0.3, 0.4) is 0 Å². The molecule has 0 radical (unpaired) electrons. The van der Waals surface area contributed by atoms with E-state index >= 15 is 0 Å². The van der Waals surface area contributed by atoms with Crippen LogP contribution in [0.4, 0.5) is 5.82 Å².